The highest BCUT2D eigenvalue weighted by molar-refractivity contribution is 5.82. The molecule has 104 valence electrons. The summed E-state index contributed by atoms with van der Waals surface area (Å²) in [5, 5.41) is 18.9. The number of aliphatic hydroxyl groups excluding tert-OH is 1. The molecule has 6 heteroatoms. The second kappa shape index (κ2) is 4.52. The van der Waals surface area contributed by atoms with Gasteiger partial charge in [-0.15, -0.1) is 0 Å². The second-order valence-corrected chi connectivity index (χ2v) is 4.86. The Hall–Kier alpha value is -1.56. The number of carbonyl (C=O) groups is 1. The van der Waals surface area contributed by atoms with Gasteiger partial charge in [0.1, 0.15) is 0 Å². The van der Waals surface area contributed by atoms with Crippen LogP contribution in [0.3, 0.4) is 0 Å². The smallest absolute Gasteiger partial charge is 0.416 e. The molecule has 2 unspecified atom stereocenters. The fraction of sp³-hybridized carbons (Fsp3) is 0.462. The monoisotopic (exact) mass is 274 g/mol. The molecule has 3 nitrogen and oxygen atoms in total. The molecule has 0 bridgehead atoms. The summed E-state index contributed by atoms with van der Waals surface area (Å²) in [5.41, 5.74) is -2.18. The van der Waals surface area contributed by atoms with Gasteiger partial charge >= 0.3 is 12.1 Å². The number of carboxylic acid groups (broad SMARTS) is 1. The van der Waals surface area contributed by atoms with Crippen molar-refractivity contribution in [3.8, 4) is 0 Å². The van der Waals surface area contributed by atoms with Crippen LogP contribution >= 0.6 is 0 Å². The fourth-order valence-corrected chi connectivity index (χ4v) is 2.59. The molecule has 0 aliphatic heterocycles. The quantitative estimate of drug-likeness (QED) is 0.871. The van der Waals surface area contributed by atoms with Crippen LogP contribution in [0.2, 0.25) is 0 Å². The van der Waals surface area contributed by atoms with Gasteiger partial charge in [-0.2, -0.15) is 13.2 Å². The number of carboxylic acids is 1. The zero-order chi connectivity index (χ0) is 14.3. The van der Waals surface area contributed by atoms with Crippen LogP contribution in [0.5, 0.6) is 0 Å². The highest BCUT2D eigenvalue weighted by atomic mass is 19.4. The average molecular weight is 274 g/mol. The molecule has 0 amide bonds. The van der Waals surface area contributed by atoms with Crippen LogP contribution in [0.15, 0.2) is 24.3 Å². The van der Waals surface area contributed by atoms with Gasteiger partial charge in [-0.25, -0.2) is 0 Å². The first-order chi connectivity index (χ1) is 8.75. The molecule has 2 N–H and O–H groups in total. The van der Waals surface area contributed by atoms with Crippen LogP contribution in [0, 0.1) is 0 Å². The zero-order valence-electron chi connectivity index (χ0n) is 9.94. The van der Waals surface area contributed by atoms with Crippen molar-refractivity contribution in [1.29, 1.82) is 0 Å². The Morgan fingerprint density at radius 1 is 1.37 bits per heavy atom. The minimum Gasteiger partial charge on any atom is -0.481 e. The van der Waals surface area contributed by atoms with Crippen molar-refractivity contribution in [2.75, 3.05) is 0 Å². The number of hydrogen-bond acceptors (Lipinski definition) is 2. The maximum Gasteiger partial charge on any atom is 0.416 e. The molecule has 19 heavy (non-hydrogen) atoms. The fourth-order valence-electron chi connectivity index (χ4n) is 2.59. The second-order valence-electron chi connectivity index (χ2n) is 4.86. The van der Waals surface area contributed by atoms with Gasteiger partial charge in [0, 0.05) is 0 Å². The molecule has 1 aliphatic rings. The number of halogens is 3. The van der Waals surface area contributed by atoms with E-state index >= 15 is 0 Å². The van der Waals surface area contributed by atoms with Gasteiger partial charge in [-0.1, -0.05) is 18.2 Å². The van der Waals surface area contributed by atoms with E-state index < -0.39 is 29.2 Å². The Balaban J connectivity index is 2.47. The van der Waals surface area contributed by atoms with Crippen LogP contribution in [-0.4, -0.2) is 22.3 Å². The molecule has 1 saturated carbocycles. The summed E-state index contributed by atoms with van der Waals surface area (Å²) in [6, 6.07) is 4.35. The Labute approximate surface area is 107 Å². The third-order valence-electron chi connectivity index (χ3n) is 3.64. The predicted molar refractivity (Wildman–Crippen MR) is 60.6 cm³/mol. The van der Waals surface area contributed by atoms with Crippen LogP contribution in [0.1, 0.15) is 30.4 Å². The summed E-state index contributed by atoms with van der Waals surface area (Å²) in [6.07, 6.45) is -4.92. The van der Waals surface area contributed by atoms with Crippen molar-refractivity contribution in [1.82, 2.24) is 0 Å². The number of aliphatic carboxylic acids is 1. The molecule has 2 rings (SSSR count). The summed E-state index contributed by atoms with van der Waals surface area (Å²) in [6.45, 7) is 0. The maximum absolute atomic E-state index is 12.7. The van der Waals surface area contributed by atoms with Gasteiger partial charge in [0.05, 0.1) is 17.1 Å². The third kappa shape index (κ3) is 2.45. The van der Waals surface area contributed by atoms with E-state index in [2.05, 4.69) is 0 Å². The number of hydrogen-bond donors (Lipinski definition) is 2. The van der Waals surface area contributed by atoms with E-state index in [-0.39, 0.29) is 24.8 Å². The predicted octanol–water partition coefficient (Wildman–Crippen LogP) is 2.57. The van der Waals surface area contributed by atoms with E-state index in [4.69, 9.17) is 0 Å². The Bertz CT molecular complexity index is 498. The highest BCUT2D eigenvalue weighted by Gasteiger charge is 2.47. The third-order valence-corrected chi connectivity index (χ3v) is 3.64. The van der Waals surface area contributed by atoms with E-state index in [0.29, 0.717) is 0 Å². The maximum atomic E-state index is 12.7. The molecule has 1 fully saturated rings. The first kappa shape index (κ1) is 13.9. The van der Waals surface area contributed by atoms with Gasteiger partial charge < -0.3 is 10.2 Å². The van der Waals surface area contributed by atoms with Crippen LogP contribution < -0.4 is 0 Å². The molecular formula is C13H13F3O3. The Kier molecular flexibility index (Phi) is 3.30. The van der Waals surface area contributed by atoms with E-state index in [1.165, 1.54) is 12.1 Å². The van der Waals surface area contributed by atoms with Gasteiger partial charge in [0.25, 0.3) is 0 Å². The number of aliphatic hydroxyl groups is 1. The van der Waals surface area contributed by atoms with Crippen molar-refractivity contribution >= 4 is 5.97 Å². The summed E-state index contributed by atoms with van der Waals surface area (Å²) in [5.74, 6) is -1.19. The lowest BCUT2D eigenvalue weighted by molar-refractivity contribution is -0.144. The lowest BCUT2D eigenvalue weighted by atomic mass is 9.78. The number of alkyl halides is 3. The first-order valence-corrected chi connectivity index (χ1v) is 5.85. The first-order valence-electron chi connectivity index (χ1n) is 5.85. The number of benzene rings is 1. The van der Waals surface area contributed by atoms with Gasteiger partial charge in [-0.3, -0.25) is 4.79 Å². The molecule has 0 spiro atoms. The molecule has 0 saturated heterocycles. The minimum atomic E-state index is -4.51. The lowest BCUT2D eigenvalue weighted by Crippen LogP contribution is -2.34. The van der Waals surface area contributed by atoms with Gasteiger partial charge in [0.2, 0.25) is 0 Å². The molecule has 0 heterocycles. The van der Waals surface area contributed by atoms with Crippen molar-refractivity contribution in [2.45, 2.75) is 37.0 Å². The molecule has 0 radical (unpaired) electrons. The van der Waals surface area contributed by atoms with E-state index in [1.807, 2.05) is 0 Å². The largest absolute Gasteiger partial charge is 0.481 e. The standard InChI is InChI=1S/C13H13F3O3/c14-13(15,16)9-3-1-2-8(6-9)12(11(18)19)5-4-10(17)7-12/h1-3,6,10,17H,4-5,7H2,(H,18,19). The van der Waals surface area contributed by atoms with Crippen molar-refractivity contribution in [2.24, 2.45) is 0 Å². The van der Waals surface area contributed by atoms with Crippen LogP contribution in [-0.2, 0) is 16.4 Å². The summed E-state index contributed by atoms with van der Waals surface area (Å²) < 4.78 is 38.0. The van der Waals surface area contributed by atoms with Gasteiger partial charge in [0.15, 0.2) is 0 Å². The molecule has 1 aromatic rings. The number of rotatable bonds is 2. The topological polar surface area (TPSA) is 57.5 Å². The average Bonchev–Trinajstić information content (AvgIpc) is 2.72. The Morgan fingerprint density at radius 3 is 2.53 bits per heavy atom. The van der Waals surface area contributed by atoms with Crippen molar-refractivity contribution < 1.29 is 28.2 Å². The normalized spacial score (nSPS) is 27.5. The molecular weight excluding hydrogens is 261 g/mol. The lowest BCUT2D eigenvalue weighted by Gasteiger charge is -2.25. The van der Waals surface area contributed by atoms with E-state index in [9.17, 15) is 28.2 Å². The molecule has 0 aromatic heterocycles. The van der Waals surface area contributed by atoms with E-state index in [1.54, 1.807) is 0 Å². The molecule has 2 atom stereocenters. The van der Waals surface area contributed by atoms with Crippen molar-refractivity contribution in [3.63, 3.8) is 0 Å². The minimum absolute atomic E-state index is 0.0519. The summed E-state index contributed by atoms with van der Waals surface area (Å²) in [4.78, 5) is 11.4. The zero-order valence-corrected chi connectivity index (χ0v) is 9.94. The van der Waals surface area contributed by atoms with Crippen molar-refractivity contribution in [3.05, 3.63) is 35.4 Å². The highest BCUT2D eigenvalue weighted by Crippen LogP contribution is 2.43. The SMILES string of the molecule is O=C(O)C1(c2cccc(C(F)(F)F)c2)CCC(O)C1. The van der Waals surface area contributed by atoms with Crippen LogP contribution in [0.4, 0.5) is 13.2 Å². The van der Waals surface area contributed by atoms with E-state index in [0.717, 1.165) is 12.1 Å². The summed E-state index contributed by atoms with van der Waals surface area (Å²) in [7, 11) is 0. The molecule has 1 aromatic carbocycles. The summed E-state index contributed by atoms with van der Waals surface area (Å²) >= 11 is 0. The van der Waals surface area contributed by atoms with Crippen LogP contribution in [0.25, 0.3) is 0 Å². The Morgan fingerprint density at radius 2 is 2.05 bits per heavy atom. The molecule has 1 aliphatic carbocycles. The van der Waals surface area contributed by atoms with Gasteiger partial charge in [-0.05, 0) is 30.9 Å².